The minimum atomic E-state index is 0.223. The van der Waals surface area contributed by atoms with Crippen LogP contribution in [0.3, 0.4) is 0 Å². The summed E-state index contributed by atoms with van der Waals surface area (Å²) in [5.74, 6) is 0. The van der Waals surface area contributed by atoms with Crippen molar-refractivity contribution in [2.24, 2.45) is 5.73 Å². The van der Waals surface area contributed by atoms with Crippen molar-refractivity contribution in [3.63, 3.8) is 0 Å². The van der Waals surface area contributed by atoms with Crippen LogP contribution >= 0.6 is 12.2 Å². The SMILES string of the molecule is COCCN(CCC(N)=S)CC1CCC2(CCCC2)O1. The monoisotopic (exact) mass is 300 g/mol. The molecule has 2 N–H and O–H groups in total. The lowest BCUT2D eigenvalue weighted by Gasteiger charge is -2.28. The molecular formula is C15H28N2O2S. The predicted molar refractivity (Wildman–Crippen MR) is 85.0 cm³/mol. The lowest BCUT2D eigenvalue weighted by molar-refractivity contribution is -0.0484. The Kier molecular flexibility index (Phi) is 6.20. The maximum absolute atomic E-state index is 6.38. The highest BCUT2D eigenvalue weighted by Crippen LogP contribution is 2.43. The summed E-state index contributed by atoms with van der Waals surface area (Å²) in [7, 11) is 1.74. The second kappa shape index (κ2) is 7.69. The van der Waals surface area contributed by atoms with Crippen LogP contribution < -0.4 is 5.73 Å². The van der Waals surface area contributed by atoms with Crippen molar-refractivity contribution in [1.82, 2.24) is 4.90 Å². The number of methoxy groups -OCH3 is 1. The van der Waals surface area contributed by atoms with Gasteiger partial charge in [0.1, 0.15) is 0 Å². The molecule has 116 valence electrons. The van der Waals surface area contributed by atoms with E-state index in [1.807, 2.05) is 0 Å². The minimum Gasteiger partial charge on any atom is -0.393 e. The maximum Gasteiger partial charge on any atom is 0.0740 e. The second-order valence-electron chi connectivity index (χ2n) is 6.18. The van der Waals surface area contributed by atoms with Crippen LogP contribution in [0.1, 0.15) is 44.9 Å². The van der Waals surface area contributed by atoms with Gasteiger partial charge in [0.25, 0.3) is 0 Å². The normalized spacial score (nSPS) is 24.8. The van der Waals surface area contributed by atoms with Gasteiger partial charge in [-0.2, -0.15) is 0 Å². The Hall–Kier alpha value is -0.230. The summed E-state index contributed by atoms with van der Waals surface area (Å²) in [4.78, 5) is 2.97. The molecule has 0 bridgehead atoms. The van der Waals surface area contributed by atoms with Gasteiger partial charge in [0.15, 0.2) is 0 Å². The fourth-order valence-electron chi connectivity index (χ4n) is 3.48. The highest BCUT2D eigenvalue weighted by atomic mass is 32.1. The van der Waals surface area contributed by atoms with Gasteiger partial charge in [0, 0.05) is 33.2 Å². The summed E-state index contributed by atoms with van der Waals surface area (Å²) in [6.07, 6.45) is 8.76. The first-order chi connectivity index (χ1) is 9.63. The molecule has 5 heteroatoms. The van der Waals surface area contributed by atoms with E-state index in [1.165, 1.54) is 38.5 Å². The van der Waals surface area contributed by atoms with Gasteiger partial charge >= 0.3 is 0 Å². The fourth-order valence-corrected chi connectivity index (χ4v) is 3.57. The zero-order valence-corrected chi connectivity index (χ0v) is 13.4. The molecular weight excluding hydrogens is 272 g/mol. The summed E-state index contributed by atoms with van der Waals surface area (Å²) in [6.45, 7) is 3.56. The number of nitrogens with two attached hydrogens (primary N) is 1. The predicted octanol–water partition coefficient (Wildman–Crippen LogP) is 2.10. The first-order valence-corrected chi connectivity index (χ1v) is 8.22. The summed E-state index contributed by atoms with van der Waals surface area (Å²) in [6, 6.07) is 0. The van der Waals surface area contributed by atoms with Crippen molar-refractivity contribution in [2.75, 3.05) is 33.4 Å². The smallest absolute Gasteiger partial charge is 0.0740 e. The Morgan fingerprint density at radius 2 is 2.10 bits per heavy atom. The zero-order chi connectivity index (χ0) is 14.4. The van der Waals surface area contributed by atoms with Gasteiger partial charge in [-0.3, -0.25) is 4.90 Å². The molecule has 0 amide bonds. The Morgan fingerprint density at radius 1 is 1.35 bits per heavy atom. The molecule has 2 aliphatic rings. The Labute approximate surface area is 128 Å². The molecule has 1 aliphatic carbocycles. The maximum atomic E-state index is 6.38. The van der Waals surface area contributed by atoms with E-state index < -0.39 is 0 Å². The molecule has 1 saturated heterocycles. The molecule has 2 rings (SSSR count). The summed E-state index contributed by atoms with van der Waals surface area (Å²) in [5, 5.41) is 0. The van der Waals surface area contributed by atoms with Crippen LogP contribution in [-0.2, 0) is 9.47 Å². The molecule has 1 unspecified atom stereocenters. The quantitative estimate of drug-likeness (QED) is 0.696. The molecule has 0 radical (unpaired) electrons. The molecule has 1 saturated carbocycles. The lowest BCUT2D eigenvalue weighted by atomic mass is 9.98. The van der Waals surface area contributed by atoms with E-state index in [0.29, 0.717) is 11.1 Å². The van der Waals surface area contributed by atoms with E-state index in [-0.39, 0.29) is 5.60 Å². The van der Waals surface area contributed by atoms with Gasteiger partial charge in [-0.1, -0.05) is 25.1 Å². The Balaban J connectivity index is 1.79. The lowest BCUT2D eigenvalue weighted by Crippen LogP contribution is -2.38. The standard InChI is InChI=1S/C15H28N2O2S/c1-18-11-10-17(9-5-14(16)20)12-13-4-8-15(19-13)6-2-3-7-15/h13H,2-12H2,1H3,(H2,16,20). The summed E-state index contributed by atoms with van der Waals surface area (Å²) < 4.78 is 11.6. The topological polar surface area (TPSA) is 47.7 Å². The van der Waals surface area contributed by atoms with Crippen molar-refractivity contribution in [2.45, 2.75) is 56.7 Å². The van der Waals surface area contributed by atoms with E-state index >= 15 is 0 Å². The average Bonchev–Trinajstić information content (AvgIpc) is 3.03. The third-order valence-electron chi connectivity index (χ3n) is 4.60. The number of ether oxygens (including phenoxy) is 2. The van der Waals surface area contributed by atoms with Crippen molar-refractivity contribution >= 4 is 17.2 Å². The third-order valence-corrected chi connectivity index (χ3v) is 4.81. The molecule has 1 spiro atoms. The Bertz CT molecular complexity index is 319. The first-order valence-electron chi connectivity index (χ1n) is 7.81. The van der Waals surface area contributed by atoms with Crippen LogP contribution in [0.5, 0.6) is 0 Å². The number of thiocarbonyl (C=S) groups is 1. The molecule has 1 heterocycles. The van der Waals surface area contributed by atoms with Crippen molar-refractivity contribution in [3.05, 3.63) is 0 Å². The number of hydrogen-bond acceptors (Lipinski definition) is 4. The van der Waals surface area contributed by atoms with Gasteiger partial charge < -0.3 is 15.2 Å². The molecule has 0 aromatic heterocycles. The van der Waals surface area contributed by atoms with Crippen LogP contribution in [0.4, 0.5) is 0 Å². The molecule has 0 aromatic carbocycles. The van der Waals surface area contributed by atoms with Gasteiger partial charge in [-0.05, 0) is 25.7 Å². The second-order valence-corrected chi connectivity index (χ2v) is 6.70. The number of nitrogens with zero attached hydrogens (tertiary/aromatic N) is 1. The van der Waals surface area contributed by atoms with Crippen molar-refractivity contribution < 1.29 is 9.47 Å². The largest absolute Gasteiger partial charge is 0.393 e. The van der Waals surface area contributed by atoms with E-state index in [0.717, 1.165) is 32.7 Å². The van der Waals surface area contributed by atoms with Crippen LogP contribution in [-0.4, -0.2) is 54.9 Å². The molecule has 20 heavy (non-hydrogen) atoms. The van der Waals surface area contributed by atoms with Crippen LogP contribution in [0.25, 0.3) is 0 Å². The Morgan fingerprint density at radius 3 is 2.75 bits per heavy atom. The molecule has 1 aliphatic heterocycles. The first kappa shape index (κ1) is 16.1. The highest BCUT2D eigenvalue weighted by Gasteiger charge is 2.42. The van der Waals surface area contributed by atoms with E-state index in [4.69, 9.17) is 27.4 Å². The molecule has 1 atom stereocenters. The van der Waals surface area contributed by atoms with E-state index in [2.05, 4.69) is 4.90 Å². The number of rotatable bonds is 8. The van der Waals surface area contributed by atoms with Crippen LogP contribution in [0.2, 0.25) is 0 Å². The van der Waals surface area contributed by atoms with Crippen LogP contribution in [0.15, 0.2) is 0 Å². The summed E-state index contributed by atoms with van der Waals surface area (Å²) in [5.41, 5.74) is 5.84. The molecule has 4 nitrogen and oxygen atoms in total. The van der Waals surface area contributed by atoms with Crippen molar-refractivity contribution in [3.8, 4) is 0 Å². The fraction of sp³-hybridized carbons (Fsp3) is 0.933. The molecule has 0 aromatic rings. The summed E-state index contributed by atoms with van der Waals surface area (Å²) >= 11 is 4.98. The van der Waals surface area contributed by atoms with Gasteiger partial charge in [-0.25, -0.2) is 0 Å². The number of hydrogen-bond donors (Lipinski definition) is 1. The average molecular weight is 300 g/mol. The zero-order valence-electron chi connectivity index (χ0n) is 12.6. The van der Waals surface area contributed by atoms with Gasteiger partial charge in [-0.15, -0.1) is 0 Å². The van der Waals surface area contributed by atoms with Gasteiger partial charge in [0.05, 0.1) is 23.3 Å². The van der Waals surface area contributed by atoms with Crippen molar-refractivity contribution in [1.29, 1.82) is 0 Å². The minimum absolute atomic E-state index is 0.223. The molecule has 2 fully saturated rings. The van der Waals surface area contributed by atoms with Crippen LogP contribution in [0, 0.1) is 0 Å². The third kappa shape index (κ3) is 4.65. The highest BCUT2D eigenvalue weighted by molar-refractivity contribution is 7.80. The van der Waals surface area contributed by atoms with Gasteiger partial charge in [0.2, 0.25) is 0 Å². The van der Waals surface area contributed by atoms with E-state index in [9.17, 15) is 0 Å². The van der Waals surface area contributed by atoms with E-state index in [1.54, 1.807) is 7.11 Å².